The Labute approximate surface area is 145 Å². The van der Waals surface area contributed by atoms with E-state index < -0.39 is 0 Å². The molecule has 1 aromatic heterocycles. The van der Waals surface area contributed by atoms with E-state index >= 15 is 0 Å². The molecule has 1 aromatic carbocycles. The van der Waals surface area contributed by atoms with E-state index in [2.05, 4.69) is 22.7 Å². The highest BCUT2D eigenvalue weighted by molar-refractivity contribution is 6.31. The predicted octanol–water partition coefficient (Wildman–Crippen LogP) is 4.40. The Morgan fingerprint density at radius 2 is 2.08 bits per heavy atom. The number of nitrogens with zero attached hydrogens (tertiary/aromatic N) is 2. The quantitative estimate of drug-likeness (QED) is 0.620. The largest absolute Gasteiger partial charge is 0.507 e. The van der Waals surface area contributed by atoms with E-state index in [0.29, 0.717) is 16.3 Å². The number of aromatic hydroxyl groups is 1. The minimum absolute atomic E-state index is 0.123. The van der Waals surface area contributed by atoms with Crippen LogP contribution in [0, 0.1) is 11.8 Å². The Morgan fingerprint density at radius 1 is 1.25 bits per heavy atom. The van der Waals surface area contributed by atoms with Gasteiger partial charge in [-0.25, -0.2) is 0 Å². The second-order valence-electron chi connectivity index (χ2n) is 5.43. The van der Waals surface area contributed by atoms with E-state index in [0.717, 1.165) is 16.7 Å². The van der Waals surface area contributed by atoms with Crippen LogP contribution in [0.1, 0.15) is 12.5 Å². The maximum absolute atomic E-state index is 10.1. The number of aryl methyl sites for hydroxylation is 1. The standard InChI is InChI=1S/C20H15ClN2O/c1-14-4-3-5-15(7-6-14)8-9-16-13-23(2)22-20(16)18-12-17(21)10-11-19(18)24/h3,5-7,10-13,24H,1-2H3. The van der Waals surface area contributed by atoms with Crippen molar-refractivity contribution in [2.24, 2.45) is 7.05 Å². The summed E-state index contributed by atoms with van der Waals surface area (Å²) in [4.78, 5) is 0. The van der Waals surface area contributed by atoms with Crippen LogP contribution in [-0.4, -0.2) is 14.9 Å². The summed E-state index contributed by atoms with van der Waals surface area (Å²) in [6, 6.07) is 4.88. The zero-order valence-corrected chi connectivity index (χ0v) is 14.1. The zero-order chi connectivity index (χ0) is 17.1. The number of allylic oxidation sites excluding steroid dienone is 5. The van der Waals surface area contributed by atoms with E-state index in [9.17, 15) is 5.11 Å². The highest BCUT2D eigenvalue weighted by Gasteiger charge is 2.13. The molecule has 1 N–H and O–H groups in total. The van der Waals surface area contributed by atoms with Gasteiger partial charge in [0.1, 0.15) is 11.4 Å². The molecule has 0 spiro atoms. The Morgan fingerprint density at radius 3 is 2.92 bits per heavy atom. The van der Waals surface area contributed by atoms with E-state index in [4.69, 9.17) is 11.6 Å². The monoisotopic (exact) mass is 334 g/mol. The first-order valence-corrected chi connectivity index (χ1v) is 7.77. The van der Waals surface area contributed by atoms with Crippen LogP contribution in [-0.2, 0) is 7.05 Å². The van der Waals surface area contributed by atoms with Crippen molar-refractivity contribution >= 4 is 11.6 Å². The zero-order valence-electron chi connectivity index (χ0n) is 13.3. The van der Waals surface area contributed by atoms with Crippen molar-refractivity contribution < 1.29 is 5.11 Å². The van der Waals surface area contributed by atoms with Crippen LogP contribution < -0.4 is 0 Å². The molecule has 0 saturated heterocycles. The fourth-order valence-corrected chi connectivity index (χ4v) is 2.45. The van der Waals surface area contributed by atoms with Crippen LogP contribution in [0.3, 0.4) is 0 Å². The average Bonchev–Trinajstić information content (AvgIpc) is 2.79. The maximum atomic E-state index is 10.1. The van der Waals surface area contributed by atoms with Crippen LogP contribution in [0.25, 0.3) is 11.3 Å². The Hall–Kier alpha value is -2.92. The summed E-state index contributed by atoms with van der Waals surface area (Å²) in [5.74, 6) is 6.38. The first-order valence-electron chi connectivity index (χ1n) is 7.39. The third-order valence-corrected chi connectivity index (χ3v) is 3.71. The molecule has 1 aliphatic carbocycles. The first kappa shape index (κ1) is 16.0. The minimum Gasteiger partial charge on any atom is -0.507 e. The van der Waals surface area contributed by atoms with Crippen LogP contribution in [0.5, 0.6) is 5.75 Å². The topological polar surface area (TPSA) is 38.0 Å². The number of aromatic nitrogens is 2. The maximum Gasteiger partial charge on any atom is 0.125 e. The summed E-state index contributed by atoms with van der Waals surface area (Å²) >= 11 is 6.04. The SMILES string of the molecule is CC1=C=CC=C(C#Cc2cn(C)nc2-c2cc(Cl)ccc2O)C=C1. The molecule has 0 aliphatic heterocycles. The first-order chi connectivity index (χ1) is 11.5. The van der Waals surface area contributed by atoms with E-state index in [1.54, 1.807) is 22.9 Å². The number of halogens is 1. The lowest BCUT2D eigenvalue weighted by Gasteiger charge is -2.02. The highest BCUT2D eigenvalue weighted by atomic mass is 35.5. The van der Waals surface area contributed by atoms with Crippen LogP contribution in [0.15, 0.2) is 65.6 Å². The van der Waals surface area contributed by atoms with Gasteiger partial charge in [-0.3, -0.25) is 4.68 Å². The van der Waals surface area contributed by atoms with Crippen molar-refractivity contribution in [1.82, 2.24) is 9.78 Å². The van der Waals surface area contributed by atoms with Gasteiger partial charge in [0.2, 0.25) is 0 Å². The van der Waals surface area contributed by atoms with Crippen molar-refractivity contribution in [2.75, 3.05) is 0 Å². The number of benzene rings is 1. The molecule has 2 aromatic rings. The van der Waals surface area contributed by atoms with E-state index in [1.807, 2.05) is 44.5 Å². The molecule has 0 atom stereocenters. The summed E-state index contributed by atoms with van der Waals surface area (Å²) in [6.45, 7) is 1.98. The van der Waals surface area contributed by atoms with Gasteiger partial charge < -0.3 is 5.11 Å². The van der Waals surface area contributed by atoms with Crippen LogP contribution in [0.2, 0.25) is 5.02 Å². The van der Waals surface area contributed by atoms with Crippen molar-refractivity contribution in [3.8, 4) is 28.8 Å². The van der Waals surface area contributed by atoms with E-state index in [1.165, 1.54) is 0 Å². The van der Waals surface area contributed by atoms with Gasteiger partial charge in [0.15, 0.2) is 0 Å². The van der Waals surface area contributed by atoms with Gasteiger partial charge in [-0.15, -0.1) is 5.73 Å². The number of hydrogen-bond donors (Lipinski definition) is 1. The molecule has 3 rings (SSSR count). The van der Waals surface area contributed by atoms with E-state index in [-0.39, 0.29) is 5.75 Å². The number of rotatable bonds is 1. The molecular formula is C20H15ClN2O. The van der Waals surface area contributed by atoms with Gasteiger partial charge in [-0.1, -0.05) is 29.5 Å². The van der Waals surface area contributed by atoms with Crippen molar-refractivity contribution in [1.29, 1.82) is 0 Å². The smallest absolute Gasteiger partial charge is 0.125 e. The predicted molar refractivity (Wildman–Crippen MR) is 96.7 cm³/mol. The van der Waals surface area contributed by atoms with Gasteiger partial charge in [0.05, 0.1) is 5.56 Å². The second kappa shape index (κ2) is 6.68. The summed E-state index contributed by atoms with van der Waals surface area (Å²) in [7, 11) is 1.82. The van der Waals surface area contributed by atoms with Gasteiger partial charge in [-0.2, -0.15) is 5.10 Å². The molecule has 0 radical (unpaired) electrons. The Bertz CT molecular complexity index is 990. The third-order valence-electron chi connectivity index (χ3n) is 3.47. The lowest BCUT2D eigenvalue weighted by molar-refractivity contribution is 0.477. The fraction of sp³-hybridized carbons (Fsp3) is 0.100. The van der Waals surface area contributed by atoms with Gasteiger partial charge in [0.25, 0.3) is 0 Å². The van der Waals surface area contributed by atoms with Crippen molar-refractivity contribution in [2.45, 2.75) is 6.92 Å². The van der Waals surface area contributed by atoms with Crippen molar-refractivity contribution in [3.63, 3.8) is 0 Å². The molecule has 0 fully saturated rings. The van der Waals surface area contributed by atoms with Crippen molar-refractivity contribution in [3.05, 3.63) is 76.2 Å². The highest BCUT2D eigenvalue weighted by Crippen LogP contribution is 2.32. The van der Waals surface area contributed by atoms with Gasteiger partial charge in [0, 0.05) is 29.4 Å². The van der Waals surface area contributed by atoms with Gasteiger partial charge >= 0.3 is 0 Å². The number of hydrogen-bond acceptors (Lipinski definition) is 2. The summed E-state index contributed by atoms with van der Waals surface area (Å²) in [5, 5.41) is 15.1. The average molecular weight is 335 g/mol. The van der Waals surface area contributed by atoms with Crippen LogP contribution >= 0.6 is 11.6 Å². The molecule has 1 aliphatic rings. The number of phenolic OH excluding ortho intramolecular Hbond substituents is 1. The molecule has 4 heteroatoms. The summed E-state index contributed by atoms with van der Waals surface area (Å²) in [5.41, 5.74) is 6.95. The molecule has 0 bridgehead atoms. The minimum atomic E-state index is 0.123. The number of phenols is 1. The lowest BCUT2D eigenvalue weighted by Crippen LogP contribution is -1.88. The molecule has 0 unspecified atom stereocenters. The molecule has 118 valence electrons. The van der Waals surface area contributed by atoms with Gasteiger partial charge in [-0.05, 0) is 48.9 Å². The third kappa shape index (κ3) is 3.52. The Kier molecular flexibility index (Phi) is 4.44. The molecule has 3 nitrogen and oxygen atoms in total. The lowest BCUT2D eigenvalue weighted by atomic mass is 10.1. The summed E-state index contributed by atoms with van der Waals surface area (Å²) in [6.07, 6.45) is 9.50. The molecule has 0 amide bonds. The second-order valence-corrected chi connectivity index (χ2v) is 5.86. The normalized spacial score (nSPS) is 13.0. The summed E-state index contributed by atoms with van der Waals surface area (Å²) < 4.78 is 1.67. The molecule has 24 heavy (non-hydrogen) atoms. The molecule has 0 saturated carbocycles. The Balaban J connectivity index is 2.02. The molecular weight excluding hydrogens is 320 g/mol. The fourth-order valence-electron chi connectivity index (χ4n) is 2.28. The van der Waals surface area contributed by atoms with Crippen LogP contribution in [0.4, 0.5) is 0 Å². The molecule has 1 heterocycles.